The van der Waals surface area contributed by atoms with E-state index in [1.54, 1.807) is 0 Å². The molecule has 0 aromatic heterocycles. The molecule has 0 bridgehead atoms. The summed E-state index contributed by atoms with van der Waals surface area (Å²) in [5.41, 5.74) is -2.60. The Kier molecular flexibility index (Phi) is 10.4. The molecule has 0 spiro atoms. The molecule has 5 fully saturated rings. The number of fused-ring (bicyclic) bond motifs is 5. The Hall–Kier alpha value is -0.490. The number of rotatable bonds is 9. The van der Waals surface area contributed by atoms with Crippen molar-refractivity contribution in [3.8, 4) is 0 Å². The lowest BCUT2D eigenvalue weighted by Gasteiger charge is -2.66. The van der Waals surface area contributed by atoms with Crippen molar-refractivity contribution >= 4 is 10.4 Å². The van der Waals surface area contributed by atoms with E-state index in [-0.39, 0.29) is 49.2 Å². The summed E-state index contributed by atoms with van der Waals surface area (Å²) < 4.78 is 48.4. The van der Waals surface area contributed by atoms with Crippen LogP contribution in [0.3, 0.4) is 0 Å². The minimum atomic E-state index is -4.81. The highest BCUT2D eigenvalue weighted by atomic mass is 32.3. The van der Waals surface area contributed by atoms with Crippen LogP contribution in [0.1, 0.15) is 86.0 Å². The van der Waals surface area contributed by atoms with Crippen LogP contribution in [0.2, 0.25) is 0 Å². The first-order chi connectivity index (χ1) is 21.2. The molecule has 0 aromatic rings. The largest absolute Gasteiger partial charge is 0.397 e. The van der Waals surface area contributed by atoms with Crippen molar-refractivity contribution in [3.63, 3.8) is 0 Å². The summed E-state index contributed by atoms with van der Waals surface area (Å²) >= 11 is 0. The fourth-order valence-electron chi connectivity index (χ4n) is 11.0. The first kappa shape index (κ1) is 36.8. The van der Waals surface area contributed by atoms with Crippen molar-refractivity contribution in [1.82, 2.24) is 0 Å². The maximum absolute atomic E-state index is 12.6. The molecule has 13 nitrogen and oxygen atoms in total. The standard InChI is InChI=1S/C32H56O13S/c1-15(2)21(44-29-27(38)25(36)20(35)14-43-29)7-6-16(3)17-12-18(33)28-30(17,4)11-9-23-31(5)10-8-22(45-46(40,41)42)26(37)24(31)19(34)13-32(23,28)39/h15-29,33-39H,6-14H2,1-5H3,(H,40,41,42). The van der Waals surface area contributed by atoms with Crippen LogP contribution in [0.25, 0.3) is 0 Å². The van der Waals surface area contributed by atoms with Gasteiger partial charge in [0.2, 0.25) is 0 Å². The van der Waals surface area contributed by atoms with Gasteiger partial charge >= 0.3 is 10.4 Å². The van der Waals surface area contributed by atoms with E-state index in [1.165, 1.54) is 0 Å². The molecule has 1 saturated heterocycles. The summed E-state index contributed by atoms with van der Waals surface area (Å²) in [7, 11) is -4.81. The van der Waals surface area contributed by atoms with Crippen LogP contribution >= 0.6 is 0 Å². The van der Waals surface area contributed by atoms with Crippen molar-refractivity contribution in [2.24, 2.45) is 46.3 Å². The number of ether oxygens (including phenoxy) is 2. The van der Waals surface area contributed by atoms with Crippen molar-refractivity contribution in [2.75, 3.05) is 6.61 Å². The Balaban J connectivity index is 1.30. The van der Waals surface area contributed by atoms with E-state index in [4.69, 9.17) is 13.7 Å². The zero-order valence-corrected chi connectivity index (χ0v) is 28.4. The molecule has 0 radical (unpaired) electrons. The van der Waals surface area contributed by atoms with E-state index in [1.807, 2.05) is 20.8 Å². The summed E-state index contributed by atoms with van der Waals surface area (Å²) in [6.07, 6.45) is -6.21. The molecule has 0 aromatic carbocycles. The van der Waals surface area contributed by atoms with Gasteiger partial charge in [0.1, 0.15) is 24.4 Å². The van der Waals surface area contributed by atoms with Gasteiger partial charge in [-0.25, -0.2) is 4.18 Å². The second-order valence-corrected chi connectivity index (χ2v) is 17.1. The summed E-state index contributed by atoms with van der Waals surface area (Å²) in [5.74, 6) is -1.38. The van der Waals surface area contributed by atoms with E-state index in [9.17, 15) is 48.7 Å². The lowest BCUT2D eigenvalue weighted by Crippen LogP contribution is -2.71. The summed E-state index contributed by atoms with van der Waals surface area (Å²) in [6.45, 7) is 10.1. The van der Waals surface area contributed by atoms with E-state index < -0.39 is 87.7 Å². The van der Waals surface area contributed by atoms with Crippen molar-refractivity contribution in [3.05, 3.63) is 0 Å². The lowest BCUT2D eigenvalue weighted by atomic mass is 9.41. The van der Waals surface area contributed by atoms with Gasteiger partial charge in [-0.3, -0.25) is 4.55 Å². The maximum Gasteiger partial charge on any atom is 0.397 e. The monoisotopic (exact) mass is 680 g/mol. The normalized spacial score (nSPS) is 50.8. The third-order valence-electron chi connectivity index (χ3n) is 13.1. The average Bonchev–Trinajstić information content (AvgIpc) is 3.22. The minimum absolute atomic E-state index is 0.0611. The number of hydrogen-bond donors (Lipinski definition) is 8. The third-order valence-corrected chi connectivity index (χ3v) is 13.6. The van der Waals surface area contributed by atoms with Crippen LogP contribution in [0.4, 0.5) is 0 Å². The van der Waals surface area contributed by atoms with Gasteiger partial charge in [-0.1, -0.05) is 34.6 Å². The van der Waals surface area contributed by atoms with Crippen LogP contribution < -0.4 is 0 Å². The number of aliphatic hydroxyl groups excluding tert-OH is 6. The molecule has 5 aliphatic rings. The first-order valence-electron chi connectivity index (χ1n) is 17.0. The van der Waals surface area contributed by atoms with Gasteiger partial charge in [-0.15, -0.1) is 0 Å². The van der Waals surface area contributed by atoms with E-state index in [0.29, 0.717) is 25.7 Å². The highest BCUT2D eigenvalue weighted by Crippen LogP contribution is 2.70. The molecule has 1 aliphatic heterocycles. The van der Waals surface area contributed by atoms with Crippen LogP contribution in [0.5, 0.6) is 0 Å². The SMILES string of the molecule is CC(C)C(CCC(C)C1CC(O)C2C1(C)CCC1C3(C)CCC(OS(=O)(=O)O)C(O)C3C(O)CC12O)OC1OCC(O)C(O)C1O. The van der Waals surface area contributed by atoms with Crippen molar-refractivity contribution < 1.29 is 62.4 Å². The molecule has 17 atom stereocenters. The Morgan fingerprint density at radius 2 is 1.52 bits per heavy atom. The van der Waals surface area contributed by atoms with Gasteiger partial charge in [-0.2, -0.15) is 8.42 Å². The molecule has 5 rings (SSSR count). The molecule has 4 saturated carbocycles. The van der Waals surface area contributed by atoms with Crippen LogP contribution in [0, 0.1) is 46.3 Å². The van der Waals surface area contributed by atoms with Crippen molar-refractivity contribution in [1.29, 1.82) is 0 Å². The minimum Gasteiger partial charge on any atom is -0.393 e. The second kappa shape index (κ2) is 13.0. The zero-order valence-electron chi connectivity index (χ0n) is 27.6. The molecular formula is C32H56O13S. The Morgan fingerprint density at radius 1 is 0.870 bits per heavy atom. The average molecular weight is 681 g/mol. The fraction of sp³-hybridized carbons (Fsp3) is 1.00. The molecule has 14 heteroatoms. The second-order valence-electron chi connectivity index (χ2n) is 16.1. The van der Waals surface area contributed by atoms with Crippen molar-refractivity contribution in [2.45, 2.75) is 147 Å². The summed E-state index contributed by atoms with van der Waals surface area (Å²) in [6, 6.07) is 0. The van der Waals surface area contributed by atoms with Crippen LogP contribution in [-0.2, 0) is 24.1 Å². The first-order valence-corrected chi connectivity index (χ1v) is 18.3. The Labute approximate surface area is 272 Å². The smallest absolute Gasteiger partial charge is 0.393 e. The van der Waals surface area contributed by atoms with Gasteiger partial charge in [0.15, 0.2) is 6.29 Å². The predicted octanol–water partition coefficient (Wildman–Crippen LogP) is 0.757. The Morgan fingerprint density at radius 3 is 2.15 bits per heavy atom. The molecular weight excluding hydrogens is 624 g/mol. The molecule has 268 valence electrons. The quantitative estimate of drug-likeness (QED) is 0.158. The summed E-state index contributed by atoms with van der Waals surface area (Å²) in [4.78, 5) is 0. The highest BCUT2D eigenvalue weighted by molar-refractivity contribution is 7.80. The Bertz CT molecular complexity index is 1190. The molecule has 0 amide bonds. The fourth-order valence-corrected chi connectivity index (χ4v) is 11.5. The van der Waals surface area contributed by atoms with E-state index in [2.05, 4.69) is 13.8 Å². The van der Waals surface area contributed by atoms with Gasteiger partial charge < -0.3 is 45.2 Å². The maximum atomic E-state index is 12.6. The predicted molar refractivity (Wildman–Crippen MR) is 163 cm³/mol. The van der Waals surface area contributed by atoms with Crippen LogP contribution in [0.15, 0.2) is 0 Å². The van der Waals surface area contributed by atoms with Crippen LogP contribution in [-0.4, -0.2) is 116 Å². The third kappa shape index (κ3) is 6.32. The van der Waals surface area contributed by atoms with Gasteiger partial charge in [0.05, 0.1) is 36.6 Å². The van der Waals surface area contributed by atoms with Gasteiger partial charge in [-0.05, 0) is 79.4 Å². The molecule has 46 heavy (non-hydrogen) atoms. The molecule has 1 heterocycles. The lowest BCUT2D eigenvalue weighted by molar-refractivity contribution is -0.287. The number of hydrogen-bond acceptors (Lipinski definition) is 12. The topological polar surface area (TPSA) is 224 Å². The summed E-state index contributed by atoms with van der Waals surface area (Å²) in [5, 5.41) is 77.2. The van der Waals surface area contributed by atoms with Gasteiger partial charge in [0, 0.05) is 18.3 Å². The van der Waals surface area contributed by atoms with E-state index >= 15 is 0 Å². The highest BCUT2D eigenvalue weighted by Gasteiger charge is 2.72. The molecule has 17 unspecified atom stereocenters. The van der Waals surface area contributed by atoms with Gasteiger partial charge in [0.25, 0.3) is 0 Å². The molecule has 8 N–H and O–H groups in total. The van der Waals surface area contributed by atoms with E-state index in [0.717, 1.165) is 12.8 Å². The zero-order chi connectivity index (χ0) is 34.1. The number of aliphatic hydroxyl groups is 7. The molecule has 4 aliphatic carbocycles.